The monoisotopic (exact) mass is 531 g/mol. The first-order valence-electron chi connectivity index (χ1n) is 9.45. The van der Waals surface area contributed by atoms with Gasteiger partial charge in [-0.3, -0.25) is 10.1 Å². The normalized spacial score (nSPS) is 16.2. The quantitative estimate of drug-likeness (QED) is 0.195. The van der Waals surface area contributed by atoms with Gasteiger partial charge in [0.2, 0.25) is 0 Å². The number of guanidine groups is 1. The van der Waals surface area contributed by atoms with Crippen molar-refractivity contribution in [1.82, 2.24) is 10.6 Å². The summed E-state index contributed by atoms with van der Waals surface area (Å²) in [5, 5.41) is 17.2. The molecule has 2 aromatic rings. The highest BCUT2D eigenvalue weighted by Crippen LogP contribution is 2.26. The first-order chi connectivity index (χ1) is 14.0. The Labute approximate surface area is 190 Å². The van der Waals surface area contributed by atoms with E-state index in [-0.39, 0.29) is 41.4 Å². The molecule has 1 unspecified atom stereocenters. The number of hydrogen-bond donors (Lipinski definition) is 2. The van der Waals surface area contributed by atoms with Crippen molar-refractivity contribution < 1.29 is 13.7 Å². The summed E-state index contributed by atoms with van der Waals surface area (Å²) in [7, 11) is 0. The second kappa shape index (κ2) is 11.0. The van der Waals surface area contributed by atoms with Crippen LogP contribution in [0.25, 0.3) is 0 Å². The Bertz CT molecular complexity index is 875. The van der Waals surface area contributed by atoms with Crippen LogP contribution in [0.15, 0.2) is 47.5 Å². The number of benzene rings is 2. The highest BCUT2D eigenvalue weighted by molar-refractivity contribution is 14.0. The number of nitrogens with one attached hydrogen (secondary N) is 2. The number of hydrogen-bond acceptors (Lipinski definition) is 4. The van der Waals surface area contributed by atoms with Crippen molar-refractivity contribution in [1.29, 1.82) is 0 Å². The fraction of sp³-hybridized carbons (Fsp3) is 0.350. The molecule has 2 aromatic carbocycles. The predicted molar refractivity (Wildman–Crippen MR) is 123 cm³/mol. The molecule has 0 saturated carbocycles. The second-order valence-corrected chi connectivity index (χ2v) is 6.76. The second-order valence-electron chi connectivity index (χ2n) is 6.76. The number of para-hydroxylation sites is 1. The van der Waals surface area contributed by atoms with E-state index < -0.39 is 16.6 Å². The Morgan fingerprint density at radius 1 is 1.23 bits per heavy atom. The minimum absolute atomic E-state index is 0. The summed E-state index contributed by atoms with van der Waals surface area (Å²) >= 11 is 0. The first-order valence-corrected chi connectivity index (χ1v) is 9.45. The van der Waals surface area contributed by atoms with Crippen LogP contribution in [0.4, 0.5) is 20.2 Å². The molecule has 1 aliphatic rings. The zero-order chi connectivity index (χ0) is 20.8. The van der Waals surface area contributed by atoms with E-state index >= 15 is 0 Å². The van der Waals surface area contributed by atoms with Gasteiger partial charge in [0.1, 0.15) is 17.3 Å². The van der Waals surface area contributed by atoms with Crippen molar-refractivity contribution in [3.05, 3.63) is 69.8 Å². The number of non-ortho nitro benzene ring substituents is 1. The van der Waals surface area contributed by atoms with Gasteiger partial charge in [0.05, 0.1) is 11.5 Å². The molecule has 1 heterocycles. The smallest absolute Gasteiger partial charge is 0.269 e. The highest BCUT2D eigenvalue weighted by atomic mass is 127. The maximum Gasteiger partial charge on any atom is 0.269 e. The van der Waals surface area contributed by atoms with Crippen LogP contribution in [0.1, 0.15) is 18.9 Å². The number of nitro benzene ring substituents is 1. The Morgan fingerprint density at radius 2 is 1.90 bits per heavy atom. The topological polar surface area (TPSA) is 82.8 Å². The summed E-state index contributed by atoms with van der Waals surface area (Å²) in [6, 6.07) is 10.1. The number of nitrogens with zero attached hydrogens (tertiary/aromatic N) is 3. The molecule has 1 saturated heterocycles. The van der Waals surface area contributed by atoms with Crippen LogP contribution in [-0.4, -0.2) is 36.6 Å². The van der Waals surface area contributed by atoms with Crippen molar-refractivity contribution in [3.63, 3.8) is 0 Å². The van der Waals surface area contributed by atoms with Crippen molar-refractivity contribution in [2.75, 3.05) is 24.5 Å². The largest absolute Gasteiger partial charge is 0.365 e. The molecule has 3 rings (SSSR count). The fourth-order valence-corrected chi connectivity index (χ4v) is 3.28. The van der Waals surface area contributed by atoms with Crippen LogP contribution < -0.4 is 15.5 Å². The molecule has 10 heteroatoms. The van der Waals surface area contributed by atoms with Crippen LogP contribution in [0.3, 0.4) is 0 Å². The third-order valence-corrected chi connectivity index (χ3v) is 4.69. The number of nitro groups is 1. The predicted octanol–water partition coefficient (Wildman–Crippen LogP) is 3.83. The molecule has 1 atom stereocenters. The van der Waals surface area contributed by atoms with Gasteiger partial charge >= 0.3 is 0 Å². The number of halogens is 3. The Hall–Kier alpha value is -2.50. The van der Waals surface area contributed by atoms with Gasteiger partial charge < -0.3 is 15.5 Å². The van der Waals surface area contributed by atoms with Gasteiger partial charge in [0.25, 0.3) is 5.69 Å². The molecule has 0 aliphatic carbocycles. The van der Waals surface area contributed by atoms with Crippen LogP contribution in [0, 0.1) is 21.7 Å². The Kier molecular flexibility index (Phi) is 8.75. The van der Waals surface area contributed by atoms with E-state index in [0.717, 1.165) is 12.0 Å². The number of anilines is 1. The summed E-state index contributed by atoms with van der Waals surface area (Å²) in [4.78, 5) is 16.5. The molecular formula is C20H24F2IN5O2. The summed E-state index contributed by atoms with van der Waals surface area (Å²) in [5.41, 5.74) is 0.882. The van der Waals surface area contributed by atoms with Gasteiger partial charge in [0.15, 0.2) is 5.96 Å². The van der Waals surface area contributed by atoms with E-state index in [4.69, 9.17) is 0 Å². The molecule has 0 bridgehead atoms. The van der Waals surface area contributed by atoms with Gasteiger partial charge in [-0.1, -0.05) is 18.2 Å². The van der Waals surface area contributed by atoms with E-state index in [2.05, 4.69) is 15.6 Å². The minimum Gasteiger partial charge on any atom is -0.365 e. The van der Waals surface area contributed by atoms with Crippen LogP contribution in [0.2, 0.25) is 0 Å². The molecular weight excluding hydrogens is 507 g/mol. The van der Waals surface area contributed by atoms with Gasteiger partial charge in [-0.2, -0.15) is 0 Å². The highest BCUT2D eigenvalue weighted by Gasteiger charge is 2.27. The summed E-state index contributed by atoms with van der Waals surface area (Å²) in [6.45, 7) is 3.95. The SMILES string of the molecule is CCNC(=NCc1ccc([N+](=O)[O-])cc1)NC1CCN(c2c(F)cccc2F)C1.I. The van der Waals surface area contributed by atoms with Gasteiger partial charge in [-0.25, -0.2) is 13.8 Å². The molecule has 0 aromatic heterocycles. The molecule has 0 amide bonds. The average molecular weight is 531 g/mol. The van der Waals surface area contributed by atoms with Gasteiger partial charge in [-0.15, -0.1) is 24.0 Å². The van der Waals surface area contributed by atoms with Crippen LogP contribution >= 0.6 is 24.0 Å². The van der Waals surface area contributed by atoms with E-state index in [9.17, 15) is 18.9 Å². The summed E-state index contributed by atoms with van der Waals surface area (Å²) < 4.78 is 28.0. The third kappa shape index (κ3) is 6.00. The number of aliphatic imine (C=N–C) groups is 1. The Morgan fingerprint density at radius 3 is 2.50 bits per heavy atom. The van der Waals surface area contributed by atoms with Crippen LogP contribution in [-0.2, 0) is 6.54 Å². The number of rotatable bonds is 6. The average Bonchev–Trinajstić information content (AvgIpc) is 3.14. The molecule has 1 aliphatic heterocycles. The van der Waals surface area contributed by atoms with E-state index in [1.807, 2.05) is 6.92 Å². The van der Waals surface area contributed by atoms with Crippen molar-refractivity contribution >= 4 is 41.3 Å². The molecule has 0 spiro atoms. The molecule has 0 radical (unpaired) electrons. The van der Waals surface area contributed by atoms with E-state index in [0.29, 0.717) is 32.1 Å². The zero-order valence-corrected chi connectivity index (χ0v) is 18.8. The lowest BCUT2D eigenvalue weighted by Gasteiger charge is -2.21. The lowest BCUT2D eigenvalue weighted by molar-refractivity contribution is -0.384. The lowest BCUT2D eigenvalue weighted by atomic mass is 10.2. The van der Waals surface area contributed by atoms with Crippen molar-refractivity contribution in [2.45, 2.75) is 25.9 Å². The minimum atomic E-state index is -0.565. The first kappa shape index (κ1) is 23.8. The molecule has 30 heavy (non-hydrogen) atoms. The Balaban J connectivity index is 0.00000320. The standard InChI is InChI=1S/C20H23F2N5O2.HI/c1-2-23-20(24-12-14-6-8-16(9-7-14)27(28)29)25-15-10-11-26(13-15)19-17(21)4-3-5-18(19)22;/h3-9,15H,2,10-13H2,1H3,(H2,23,24,25);1H. The molecule has 162 valence electrons. The maximum atomic E-state index is 14.0. The third-order valence-electron chi connectivity index (χ3n) is 4.69. The van der Waals surface area contributed by atoms with Gasteiger partial charge in [-0.05, 0) is 31.0 Å². The van der Waals surface area contributed by atoms with Gasteiger partial charge in [0, 0.05) is 37.8 Å². The molecule has 1 fully saturated rings. The molecule has 7 nitrogen and oxygen atoms in total. The fourth-order valence-electron chi connectivity index (χ4n) is 3.28. The van der Waals surface area contributed by atoms with Crippen molar-refractivity contribution in [3.8, 4) is 0 Å². The lowest BCUT2D eigenvalue weighted by Crippen LogP contribution is -2.44. The summed E-state index contributed by atoms with van der Waals surface area (Å²) in [6.07, 6.45) is 0.718. The zero-order valence-electron chi connectivity index (χ0n) is 16.5. The van der Waals surface area contributed by atoms with Crippen molar-refractivity contribution in [2.24, 2.45) is 4.99 Å². The summed E-state index contributed by atoms with van der Waals surface area (Å²) in [5.74, 6) is -0.541. The van der Waals surface area contributed by atoms with Crippen LogP contribution in [0.5, 0.6) is 0 Å². The maximum absolute atomic E-state index is 14.0. The molecule has 2 N–H and O–H groups in total. The van der Waals surface area contributed by atoms with E-state index in [1.54, 1.807) is 17.0 Å². The van der Waals surface area contributed by atoms with E-state index in [1.165, 1.54) is 30.3 Å².